The summed E-state index contributed by atoms with van der Waals surface area (Å²) in [5.41, 5.74) is 0. The summed E-state index contributed by atoms with van der Waals surface area (Å²) in [5.74, 6) is 0.975. The third-order valence-corrected chi connectivity index (χ3v) is 2.97. The van der Waals surface area contributed by atoms with E-state index in [-0.39, 0.29) is 0 Å². The maximum atomic E-state index is 5.48. The van der Waals surface area contributed by atoms with E-state index in [1.165, 1.54) is 6.42 Å². The van der Waals surface area contributed by atoms with Gasteiger partial charge in [-0.15, -0.1) is 11.3 Å². The standard InChI is InChI=1S/C8H11BrOS/c1-2-3-5-10-7-4-6-11-8(7)9/h4,6H,2-3,5H2,1H3. The highest BCUT2D eigenvalue weighted by Crippen LogP contribution is 2.30. The average molecular weight is 235 g/mol. The zero-order chi connectivity index (χ0) is 8.10. The normalized spacial score (nSPS) is 10.0. The van der Waals surface area contributed by atoms with Gasteiger partial charge in [0.15, 0.2) is 0 Å². The van der Waals surface area contributed by atoms with Gasteiger partial charge in [-0.2, -0.15) is 0 Å². The second-order valence-electron chi connectivity index (χ2n) is 2.26. The second kappa shape index (κ2) is 4.78. The van der Waals surface area contributed by atoms with Gasteiger partial charge in [0.1, 0.15) is 9.54 Å². The molecule has 0 radical (unpaired) electrons. The van der Waals surface area contributed by atoms with E-state index in [2.05, 4.69) is 22.9 Å². The molecule has 11 heavy (non-hydrogen) atoms. The van der Waals surface area contributed by atoms with Crippen LogP contribution < -0.4 is 4.74 Å². The molecule has 0 aliphatic heterocycles. The smallest absolute Gasteiger partial charge is 0.144 e. The van der Waals surface area contributed by atoms with E-state index in [1.54, 1.807) is 11.3 Å². The topological polar surface area (TPSA) is 9.23 Å². The first-order valence-corrected chi connectivity index (χ1v) is 5.37. The first-order valence-electron chi connectivity index (χ1n) is 3.70. The van der Waals surface area contributed by atoms with Crippen molar-refractivity contribution in [3.05, 3.63) is 15.2 Å². The molecule has 1 nitrogen and oxygen atoms in total. The molecule has 3 heteroatoms. The van der Waals surface area contributed by atoms with E-state index in [0.29, 0.717) is 0 Å². The Hall–Kier alpha value is -0.0200. The summed E-state index contributed by atoms with van der Waals surface area (Å²) in [4.78, 5) is 0. The summed E-state index contributed by atoms with van der Waals surface area (Å²) in [7, 11) is 0. The van der Waals surface area contributed by atoms with Crippen LogP contribution in [0.5, 0.6) is 5.75 Å². The van der Waals surface area contributed by atoms with E-state index in [0.717, 1.165) is 22.6 Å². The molecule has 0 bridgehead atoms. The van der Waals surface area contributed by atoms with Crippen LogP contribution in [0.3, 0.4) is 0 Å². The average Bonchev–Trinajstić information content (AvgIpc) is 2.37. The van der Waals surface area contributed by atoms with Crippen molar-refractivity contribution < 1.29 is 4.74 Å². The van der Waals surface area contributed by atoms with Gasteiger partial charge in [0.2, 0.25) is 0 Å². The van der Waals surface area contributed by atoms with Crippen molar-refractivity contribution in [1.29, 1.82) is 0 Å². The van der Waals surface area contributed by atoms with Crippen LogP contribution in [0.1, 0.15) is 19.8 Å². The predicted octanol–water partition coefficient (Wildman–Crippen LogP) is 3.69. The Morgan fingerprint density at radius 1 is 1.64 bits per heavy atom. The fourth-order valence-corrected chi connectivity index (χ4v) is 1.84. The monoisotopic (exact) mass is 234 g/mol. The zero-order valence-corrected chi connectivity index (χ0v) is 8.87. The molecule has 1 aromatic heterocycles. The quantitative estimate of drug-likeness (QED) is 0.723. The number of hydrogen-bond acceptors (Lipinski definition) is 2. The van der Waals surface area contributed by atoms with Gasteiger partial charge >= 0.3 is 0 Å². The summed E-state index contributed by atoms with van der Waals surface area (Å²) in [5, 5.41) is 2.02. The fraction of sp³-hybridized carbons (Fsp3) is 0.500. The predicted molar refractivity (Wildman–Crippen MR) is 52.4 cm³/mol. The molecule has 0 amide bonds. The van der Waals surface area contributed by atoms with Crippen LogP contribution in [-0.2, 0) is 0 Å². The molecule has 0 spiro atoms. The van der Waals surface area contributed by atoms with Gasteiger partial charge in [-0.25, -0.2) is 0 Å². The molecular weight excluding hydrogens is 224 g/mol. The largest absolute Gasteiger partial charge is 0.492 e. The minimum Gasteiger partial charge on any atom is -0.492 e. The molecule has 0 atom stereocenters. The third-order valence-electron chi connectivity index (χ3n) is 1.34. The van der Waals surface area contributed by atoms with Gasteiger partial charge in [-0.3, -0.25) is 0 Å². The van der Waals surface area contributed by atoms with E-state index in [4.69, 9.17) is 4.74 Å². The van der Waals surface area contributed by atoms with E-state index < -0.39 is 0 Å². The minimum absolute atomic E-state index is 0.825. The van der Waals surface area contributed by atoms with Gasteiger partial charge < -0.3 is 4.74 Å². The first kappa shape index (κ1) is 9.07. The molecule has 62 valence electrons. The summed E-state index contributed by atoms with van der Waals surface area (Å²) in [6.07, 6.45) is 2.31. The van der Waals surface area contributed by atoms with Crippen molar-refractivity contribution >= 4 is 27.3 Å². The minimum atomic E-state index is 0.825. The molecule has 0 fully saturated rings. The van der Waals surface area contributed by atoms with Crippen LogP contribution in [0, 0.1) is 0 Å². The highest BCUT2D eigenvalue weighted by molar-refractivity contribution is 9.11. The molecule has 1 heterocycles. The van der Waals surface area contributed by atoms with Gasteiger partial charge in [-0.05, 0) is 33.8 Å². The Balaban J connectivity index is 2.32. The van der Waals surface area contributed by atoms with Crippen LogP contribution in [-0.4, -0.2) is 6.61 Å². The molecule has 0 saturated heterocycles. The molecular formula is C8H11BrOS. The number of hydrogen-bond donors (Lipinski definition) is 0. The van der Waals surface area contributed by atoms with Gasteiger partial charge in [0.05, 0.1) is 6.61 Å². The van der Waals surface area contributed by atoms with Crippen LogP contribution in [0.4, 0.5) is 0 Å². The number of rotatable bonds is 4. The SMILES string of the molecule is CCCCOc1ccsc1Br. The van der Waals surface area contributed by atoms with Crippen molar-refractivity contribution in [3.8, 4) is 5.75 Å². The third kappa shape index (κ3) is 2.83. The fourth-order valence-electron chi connectivity index (χ4n) is 0.710. The van der Waals surface area contributed by atoms with E-state index in [1.807, 2.05) is 11.4 Å². The lowest BCUT2D eigenvalue weighted by atomic mass is 10.4. The molecule has 0 aliphatic rings. The Kier molecular flexibility index (Phi) is 3.94. The molecule has 1 rings (SSSR count). The lowest BCUT2D eigenvalue weighted by Gasteiger charge is -2.01. The highest BCUT2D eigenvalue weighted by atomic mass is 79.9. The van der Waals surface area contributed by atoms with Gasteiger partial charge in [0.25, 0.3) is 0 Å². The van der Waals surface area contributed by atoms with Crippen LogP contribution in [0.15, 0.2) is 15.2 Å². The first-order chi connectivity index (χ1) is 5.34. The van der Waals surface area contributed by atoms with Crippen LogP contribution >= 0.6 is 27.3 Å². The number of thiophene rings is 1. The lowest BCUT2D eigenvalue weighted by molar-refractivity contribution is 0.309. The molecule has 0 unspecified atom stereocenters. The molecule has 1 aromatic rings. The maximum Gasteiger partial charge on any atom is 0.144 e. The molecule has 0 N–H and O–H groups in total. The Morgan fingerprint density at radius 2 is 2.45 bits per heavy atom. The number of ether oxygens (including phenoxy) is 1. The summed E-state index contributed by atoms with van der Waals surface area (Å²) in [6.45, 7) is 2.98. The zero-order valence-electron chi connectivity index (χ0n) is 6.47. The number of unbranched alkanes of at least 4 members (excludes halogenated alkanes) is 1. The van der Waals surface area contributed by atoms with Gasteiger partial charge in [0, 0.05) is 0 Å². The van der Waals surface area contributed by atoms with Crippen molar-refractivity contribution in [2.75, 3.05) is 6.61 Å². The van der Waals surface area contributed by atoms with Crippen LogP contribution in [0.25, 0.3) is 0 Å². The van der Waals surface area contributed by atoms with E-state index in [9.17, 15) is 0 Å². The van der Waals surface area contributed by atoms with Gasteiger partial charge in [-0.1, -0.05) is 13.3 Å². The number of halogens is 1. The second-order valence-corrected chi connectivity index (χ2v) is 4.49. The van der Waals surface area contributed by atoms with Crippen molar-refractivity contribution in [1.82, 2.24) is 0 Å². The molecule has 0 aliphatic carbocycles. The van der Waals surface area contributed by atoms with Crippen molar-refractivity contribution in [2.24, 2.45) is 0 Å². The Morgan fingerprint density at radius 3 is 3.00 bits per heavy atom. The lowest BCUT2D eigenvalue weighted by Crippen LogP contribution is -1.94. The molecule has 0 aromatic carbocycles. The maximum absolute atomic E-state index is 5.48. The highest BCUT2D eigenvalue weighted by Gasteiger charge is 1.99. The van der Waals surface area contributed by atoms with E-state index >= 15 is 0 Å². The summed E-state index contributed by atoms with van der Waals surface area (Å²) >= 11 is 5.07. The van der Waals surface area contributed by atoms with Crippen molar-refractivity contribution in [2.45, 2.75) is 19.8 Å². The van der Waals surface area contributed by atoms with Crippen LogP contribution in [0.2, 0.25) is 0 Å². The summed E-state index contributed by atoms with van der Waals surface area (Å²) in [6, 6.07) is 1.99. The Labute approximate surface area is 79.5 Å². The Bertz CT molecular complexity index is 210. The molecule has 0 saturated carbocycles. The van der Waals surface area contributed by atoms with Crippen molar-refractivity contribution in [3.63, 3.8) is 0 Å². The summed E-state index contributed by atoms with van der Waals surface area (Å²) < 4.78 is 6.57.